The van der Waals surface area contributed by atoms with Gasteiger partial charge in [-0.05, 0) is 46.6 Å². The molecule has 0 bridgehead atoms. The fourth-order valence-electron chi connectivity index (χ4n) is 3.17. The van der Waals surface area contributed by atoms with E-state index in [0.29, 0.717) is 25.2 Å². The molecule has 1 atom stereocenters. The summed E-state index contributed by atoms with van der Waals surface area (Å²) in [6.45, 7) is 9.09. The van der Waals surface area contributed by atoms with Crippen molar-refractivity contribution in [2.24, 2.45) is 5.92 Å². The summed E-state index contributed by atoms with van der Waals surface area (Å²) in [4.78, 5) is 40.8. The Kier molecular flexibility index (Phi) is 6.45. The second-order valence-electron chi connectivity index (χ2n) is 7.75. The maximum absolute atomic E-state index is 12.9. The first-order chi connectivity index (χ1) is 12.2. The van der Waals surface area contributed by atoms with Crippen LogP contribution in [0.5, 0.6) is 0 Å². The highest BCUT2D eigenvalue weighted by Gasteiger charge is 2.32. The smallest absolute Gasteiger partial charge is 0.257 e. The average molecular weight is 363 g/mol. The van der Waals surface area contributed by atoms with E-state index >= 15 is 0 Å². The number of hydrogen-bond acceptors (Lipinski definition) is 4. The number of nitrogens with zero attached hydrogens (tertiary/aromatic N) is 2. The Morgan fingerprint density at radius 3 is 2.65 bits per heavy atom. The predicted octanol–water partition coefficient (Wildman–Crippen LogP) is 1.89. The van der Waals surface area contributed by atoms with Gasteiger partial charge in [0, 0.05) is 25.2 Å². The van der Waals surface area contributed by atoms with Gasteiger partial charge in [-0.3, -0.25) is 14.4 Å². The van der Waals surface area contributed by atoms with E-state index in [9.17, 15) is 14.4 Å². The molecule has 0 unspecified atom stereocenters. The van der Waals surface area contributed by atoms with Crippen LogP contribution in [0.15, 0.2) is 23.0 Å². The zero-order valence-corrected chi connectivity index (χ0v) is 16.1. The minimum absolute atomic E-state index is 0.0405. The molecule has 1 aromatic heterocycles. The van der Waals surface area contributed by atoms with Gasteiger partial charge in [-0.1, -0.05) is 0 Å². The molecular weight excluding hydrogens is 334 g/mol. The summed E-state index contributed by atoms with van der Waals surface area (Å²) in [5.41, 5.74) is 0.160. The lowest BCUT2D eigenvalue weighted by molar-refractivity contribution is -0.140. The maximum Gasteiger partial charge on any atom is 0.257 e. The molecule has 1 aromatic rings. The fraction of sp³-hybridized carbons (Fsp3) is 0.632. The number of furan rings is 1. The van der Waals surface area contributed by atoms with E-state index in [4.69, 9.17) is 4.42 Å². The maximum atomic E-state index is 12.9. The van der Waals surface area contributed by atoms with Gasteiger partial charge in [0.2, 0.25) is 11.8 Å². The van der Waals surface area contributed by atoms with Crippen molar-refractivity contribution in [3.05, 3.63) is 24.2 Å². The van der Waals surface area contributed by atoms with Crippen LogP contribution in [0.3, 0.4) is 0 Å². The second kappa shape index (κ2) is 8.38. The largest absolute Gasteiger partial charge is 0.472 e. The fourth-order valence-corrected chi connectivity index (χ4v) is 3.17. The van der Waals surface area contributed by atoms with Crippen molar-refractivity contribution >= 4 is 17.7 Å². The normalized spacial score (nSPS) is 17.7. The van der Waals surface area contributed by atoms with Crippen molar-refractivity contribution in [3.63, 3.8) is 0 Å². The Balaban J connectivity index is 1.98. The lowest BCUT2D eigenvalue weighted by atomic mass is 9.96. The molecule has 1 saturated heterocycles. The van der Waals surface area contributed by atoms with Crippen LogP contribution < -0.4 is 5.32 Å². The second-order valence-corrected chi connectivity index (χ2v) is 7.75. The average Bonchev–Trinajstić information content (AvgIpc) is 3.11. The molecule has 7 heteroatoms. The van der Waals surface area contributed by atoms with Gasteiger partial charge in [0.15, 0.2) is 0 Å². The van der Waals surface area contributed by atoms with Crippen LogP contribution in [-0.2, 0) is 9.59 Å². The monoisotopic (exact) mass is 363 g/mol. The van der Waals surface area contributed by atoms with Crippen molar-refractivity contribution in [2.45, 2.75) is 46.1 Å². The van der Waals surface area contributed by atoms with Crippen LogP contribution in [0.25, 0.3) is 0 Å². The predicted molar refractivity (Wildman–Crippen MR) is 97.5 cm³/mol. The molecule has 144 valence electrons. The molecule has 2 heterocycles. The van der Waals surface area contributed by atoms with Gasteiger partial charge in [-0.15, -0.1) is 0 Å². The third-order valence-electron chi connectivity index (χ3n) is 4.37. The first-order valence-electron chi connectivity index (χ1n) is 9.12. The van der Waals surface area contributed by atoms with E-state index in [1.54, 1.807) is 15.9 Å². The zero-order chi connectivity index (χ0) is 19.3. The van der Waals surface area contributed by atoms with Crippen LogP contribution in [0.1, 0.15) is 50.9 Å². The van der Waals surface area contributed by atoms with Crippen LogP contribution in [0.2, 0.25) is 0 Å². The number of likely N-dealkylation sites (N-methyl/N-ethyl adjacent to an activating group) is 1. The van der Waals surface area contributed by atoms with Gasteiger partial charge >= 0.3 is 0 Å². The molecule has 1 aliphatic rings. The zero-order valence-electron chi connectivity index (χ0n) is 16.1. The topological polar surface area (TPSA) is 82.9 Å². The van der Waals surface area contributed by atoms with Gasteiger partial charge in [0.1, 0.15) is 6.26 Å². The van der Waals surface area contributed by atoms with Crippen molar-refractivity contribution in [3.8, 4) is 0 Å². The van der Waals surface area contributed by atoms with E-state index in [0.717, 1.165) is 12.8 Å². The lowest BCUT2D eigenvalue weighted by Crippen LogP contribution is -2.51. The van der Waals surface area contributed by atoms with E-state index in [1.807, 2.05) is 27.7 Å². The Hall–Kier alpha value is -2.31. The lowest BCUT2D eigenvalue weighted by Gasteiger charge is -2.34. The molecule has 26 heavy (non-hydrogen) atoms. The van der Waals surface area contributed by atoms with Crippen LogP contribution >= 0.6 is 0 Å². The molecule has 0 radical (unpaired) electrons. The SMILES string of the molecule is CCN(CC(=O)NC(C)(C)C)C(=O)[C@@H]1CCCN(C(=O)c2ccoc2)C1. The number of rotatable bonds is 5. The molecule has 7 nitrogen and oxygen atoms in total. The van der Waals surface area contributed by atoms with E-state index in [-0.39, 0.29) is 35.7 Å². The summed E-state index contributed by atoms with van der Waals surface area (Å²) in [6, 6.07) is 1.63. The molecule has 1 fully saturated rings. The third-order valence-corrected chi connectivity index (χ3v) is 4.37. The minimum atomic E-state index is -0.335. The number of amides is 3. The van der Waals surface area contributed by atoms with Crippen LogP contribution in [-0.4, -0.2) is 59.2 Å². The van der Waals surface area contributed by atoms with Gasteiger partial charge < -0.3 is 19.5 Å². The number of carbonyl (C=O) groups is 3. The van der Waals surface area contributed by atoms with Crippen molar-refractivity contribution in [1.82, 2.24) is 15.1 Å². The number of piperidine rings is 1. The van der Waals surface area contributed by atoms with Crippen molar-refractivity contribution < 1.29 is 18.8 Å². The number of likely N-dealkylation sites (tertiary alicyclic amines) is 1. The molecule has 0 spiro atoms. The summed E-state index contributed by atoms with van der Waals surface area (Å²) in [5, 5.41) is 2.88. The standard InChI is InChI=1S/C19H29N3O4/c1-5-21(12-16(23)20-19(2,3)4)17(24)14-7-6-9-22(11-14)18(25)15-8-10-26-13-15/h8,10,13-14H,5-7,9,11-12H2,1-4H3,(H,20,23)/t14-/m1/s1. The number of nitrogens with one attached hydrogen (secondary N) is 1. The molecule has 1 N–H and O–H groups in total. The van der Waals surface area contributed by atoms with E-state index < -0.39 is 0 Å². The molecule has 1 aliphatic heterocycles. The van der Waals surface area contributed by atoms with Crippen LogP contribution in [0, 0.1) is 5.92 Å². The van der Waals surface area contributed by atoms with Crippen LogP contribution in [0.4, 0.5) is 0 Å². The molecular formula is C19H29N3O4. The number of hydrogen-bond donors (Lipinski definition) is 1. The Bertz CT molecular complexity index is 634. The Morgan fingerprint density at radius 2 is 2.08 bits per heavy atom. The molecule has 2 rings (SSSR count). The summed E-state index contributed by atoms with van der Waals surface area (Å²) < 4.78 is 4.97. The summed E-state index contributed by atoms with van der Waals surface area (Å²) in [5.74, 6) is -0.636. The van der Waals surface area contributed by atoms with Gasteiger partial charge in [-0.2, -0.15) is 0 Å². The number of carbonyl (C=O) groups excluding carboxylic acids is 3. The Labute approximate surface area is 154 Å². The summed E-state index contributed by atoms with van der Waals surface area (Å²) >= 11 is 0. The minimum Gasteiger partial charge on any atom is -0.472 e. The van der Waals surface area contributed by atoms with E-state index in [1.165, 1.54) is 12.5 Å². The molecule has 0 aromatic carbocycles. The van der Waals surface area contributed by atoms with Gasteiger partial charge in [0.05, 0.1) is 24.3 Å². The van der Waals surface area contributed by atoms with Gasteiger partial charge in [-0.25, -0.2) is 0 Å². The first kappa shape index (κ1) is 20.0. The summed E-state index contributed by atoms with van der Waals surface area (Å²) in [6.07, 6.45) is 4.38. The summed E-state index contributed by atoms with van der Waals surface area (Å²) in [7, 11) is 0. The third kappa shape index (κ3) is 5.34. The molecule has 0 saturated carbocycles. The van der Waals surface area contributed by atoms with Crippen molar-refractivity contribution in [1.29, 1.82) is 0 Å². The molecule has 3 amide bonds. The van der Waals surface area contributed by atoms with Gasteiger partial charge in [0.25, 0.3) is 5.91 Å². The highest BCUT2D eigenvalue weighted by atomic mass is 16.3. The quantitative estimate of drug-likeness (QED) is 0.866. The first-order valence-corrected chi connectivity index (χ1v) is 9.12. The van der Waals surface area contributed by atoms with Crippen molar-refractivity contribution in [2.75, 3.05) is 26.2 Å². The molecule has 0 aliphatic carbocycles. The van der Waals surface area contributed by atoms with E-state index in [2.05, 4.69) is 5.32 Å². The Morgan fingerprint density at radius 1 is 1.35 bits per heavy atom. The highest BCUT2D eigenvalue weighted by molar-refractivity contribution is 5.94. The highest BCUT2D eigenvalue weighted by Crippen LogP contribution is 2.21.